The lowest BCUT2D eigenvalue weighted by atomic mass is 9.98. The van der Waals surface area contributed by atoms with E-state index in [4.69, 9.17) is 0 Å². The van der Waals surface area contributed by atoms with Crippen LogP contribution in [-0.4, -0.2) is 61.4 Å². The summed E-state index contributed by atoms with van der Waals surface area (Å²) in [6, 6.07) is 0. The Labute approximate surface area is 150 Å². The largest absolute Gasteiger partial charge is 0.356 e. The van der Waals surface area contributed by atoms with Gasteiger partial charge in [0.2, 0.25) is 10.0 Å². The standard InChI is InChI=1S/C16H30N6O2S/c1-12-15(13(2)21(4)20-12)11-19-16(17-3)18-10-14-6-8-22(9-7-14)25(5,23)24/h14H,6-11H2,1-5H3,(H2,17,18,19). The van der Waals surface area contributed by atoms with Crippen molar-refractivity contribution >= 4 is 16.0 Å². The van der Waals surface area contributed by atoms with Gasteiger partial charge in [-0.2, -0.15) is 5.10 Å². The van der Waals surface area contributed by atoms with Crippen LogP contribution in [0, 0.1) is 19.8 Å². The number of nitrogens with one attached hydrogen (secondary N) is 2. The molecule has 0 aromatic carbocycles. The third-order valence-electron chi connectivity index (χ3n) is 4.92. The Balaban J connectivity index is 1.80. The van der Waals surface area contributed by atoms with Crippen LogP contribution in [0.25, 0.3) is 0 Å². The summed E-state index contributed by atoms with van der Waals surface area (Å²) in [7, 11) is 0.639. The molecular formula is C16H30N6O2S. The average Bonchev–Trinajstić information content (AvgIpc) is 2.80. The lowest BCUT2D eigenvalue weighted by Crippen LogP contribution is -2.43. The minimum Gasteiger partial charge on any atom is -0.356 e. The van der Waals surface area contributed by atoms with Gasteiger partial charge in [-0.1, -0.05) is 0 Å². The number of hydrogen-bond acceptors (Lipinski definition) is 4. The first-order valence-electron chi connectivity index (χ1n) is 8.61. The van der Waals surface area contributed by atoms with Crippen LogP contribution in [0.15, 0.2) is 4.99 Å². The summed E-state index contributed by atoms with van der Waals surface area (Å²) in [5.74, 6) is 1.21. The molecule has 2 N–H and O–H groups in total. The Morgan fingerprint density at radius 3 is 2.40 bits per heavy atom. The second-order valence-corrected chi connectivity index (χ2v) is 8.67. The van der Waals surface area contributed by atoms with Crippen molar-refractivity contribution in [2.75, 3.05) is 32.9 Å². The predicted octanol–water partition coefficient (Wildman–Crippen LogP) is 0.374. The Morgan fingerprint density at radius 1 is 1.28 bits per heavy atom. The van der Waals surface area contributed by atoms with E-state index >= 15 is 0 Å². The summed E-state index contributed by atoms with van der Waals surface area (Å²) in [5, 5.41) is 11.1. The first-order valence-corrected chi connectivity index (χ1v) is 10.5. The molecule has 0 aliphatic carbocycles. The number of hydrogen-bond donors (Lipinski definition) is 2. The quantitative estimate of drug-likeness (QED) is 0.577. The van der Waals surface area contributed by atoms with E-state index in [1.807, 2.05) is 18.7 Å². The van der Waals surface area contributed by atoms with Gasteiger partial charge < -0.3 is 10.6 Å². The van der Waals surface area contributed by atoms with Crippen molar-refractivity contribution in [1.82, 2.24) is 24.7 Å². The zero-order valence-electron chi connectivity index (χ0n) is 15.8. The fraction of sp³-hybridized carbons (Fsp3) is 0.750. The van der Waals surface area contributed by atoms with Crippen LogP contribution >= 0.6 is 0 Å². The highest BCUT2D eigenvalue weighted by Crippen LogP contribution is 2.18. The van der Waals surface area contributed by atoms with Crippen LogP contribution in [-0.2, 0) is 23.6 Å². The fourth-order valence-electron chi connectivity index (χ4n) is 3.15. The van der Waals surface area contributed by atoms with Crippen molar-refractivity contribution in [2.24, 2.45) is 18.0 Å². The van der Waals surface area contributed by atoms with Crippen LogP contribution in [0.2, 0.25) is 0 Å². The second kappa shape index (κ2) is 8.18. The van der Waals surface area contributed by atoms with Gasteiger partial charge in [0.15, 0.2) is 5.96 Å². The Hall–Kier alpha value is -1.61. The molecule has 0 spiro atoms. The summed E-state index contributed by atoms with van der Waals surface area (Å²) < 4.78 is 26.6. The molecule has 142 valence electrons. The highest BCUT2D eigenvalue weighted by Gasteiger charge is 2.24. The van der Waals surface area contributed by atoms with E-state index in [2.05, 4.69) is 27.6 Å². The lowest BCUT2D eigenvalue weighted by molar-refractivity contribution is 0.275. The maximum Gasteiger partial charge on any atom is 0.211 e. The predicted molar refractivity (Wildman–Crippen MR) is 100 cm³/mol. The fourth-order valence-corrected chi connectivity index (χ4v) is 4.03. The number of rotatable bonds is 5. The van der Waals surface area contributed by atoms with Crippen molar-refractivity contribution in [1.29, 1.82) is 0 Å². The molecule has 0 radical (unpaired) electrons. The molecule has 1 aliphatic rings. The summed E-state index contributed by atoms with van der Waals surface area (Å²) in [5.41, 5.74) is 3.36. The first kappa shape index (κ1) is 19.7. The summed E-state index contributed by atoms with van der Waals surface area (Å²) >= 11 is 0. The second-order valence-electron chi connectivity index (χ2n) is 6.69. The number of aryl methyl sites for hydroxylation is 2. The van der Waals surface area contributed by atoms with E-state index in [1.54, 1.807) is 11.4 Å². The smallest absolute Gasteiger partial charge is 0.211 e. The Morgan fingerprint density at radius 2 is 1.92 bits per heavy atom. The zero-order chi connectivity index (χ0) is 18.6. The molecule has 1 saturated heterocycles. The number of sulfonamides is 1. The molecule has 9 heteroatoms. The molecule has 8 nitrogen and oxygen atoms in total. The molecular weight excluding hydrogens is 340 g/mol. The van der Waals surface area contributed by atoms with Gasteiger partial charge in [-0.25, -0.2) is 12.7 Å². The number of nitrogens with zero attached hydrogens (tertiary/aromatic N) is 4. The maximum absolute atomic E-state index is 11.6. The molecule has 1 aromatic heterocycles. The molecule has 0 bridgehead atoms. The van der Waals surface area contributed by atoms with Crippen molar-refractivity contribution in [2.45, 2.75) is 33.2 Å². The minimum atomic E-state index is -3.06. The van der Waals surface area contributed by atoms with Gasteiger partial charge in [-0.3, -0.25) is 9.67 Å². The molecule has 25 heavy (non-hydrogen) atoms. The van der Waals surface area contributed by atoms with Crippen LogP contribution in [0.4, 0.5) is 0 Å². The van der Waals surface area contributed by atoms with E-state index in [0.29, 0.717) is 25.6 Å². The lowest BCUT2D eigenvalue weighted by Gasteiger charge is -2.30. The third-order valence-corrected chi connectivity index (χ3v) is 6.22. The SMILES string of the molecule is CN=C(NCc1c(C)nn(C)c1C)NCC1CCN(S(C)(=O)=O)CC1. The molecule has 1 aliphatic heterocycles. The van der Waals surface area contributed by atoms with Gasteiger partial charge in [-0.05, 0) is 32.6 Å². The van der Waals surface area contributed by atoms with Gasteiger partial charge in [-0.15, -0.1) is 0 Å². The van der Waals surface area contributed by atoms with Crippen molar-refractivity contribution in [3.63, 3.8) is 0 Å². The molecule has 0 amide bonds. The van der Waals surface area contributed by atoms with Crippen LogP contribution in [0.1, 0.15) is 29.8 Å². The van der Waals surface area contributed by atoms with Gasteiger partial charge in [0.05, 0.1) is 11.9 Å². The van der Waals surface area contributed by atoms with Gasteiger partial charge in [0.25, 0.3) is 0 Å². The molecule has 0 atom stereocenters. The van der Waals surface area contributed by atoms with E-state index in [-0.39, 0.29) is 0 Å². The number of piperidine rings is 1. The monoisotopic (exact) mass is 370 g/mol. The summed E-state index contributed by atoms with van der Waals surface area (Å²) in [6.07, 6.45) is 3.02. The number of aliphatic imine (C=N–C) groups is 1. The zero-order valence-corrected chi connectivity index (χ0v) is 16.7. The molecule has 1 aromatic rings. The molecule has 0 saturated carbocycles. The third kappa shape index (κ3) is 5.18. The summed E-state index contributed by atoms with van der Waals surface area (Å²) in [6.45, 7) is 6.75. The van der Waals surface area contributed by atoms with Crippen molar-refractivity contribution in [3.05, 3.63) is 17.0 Å². The van der Waals surface area contributed by atoms with E-state index < -0.39 is 10.0 Å². The normalized spacial score (nSPS) is 17.7. The minimum absolute atomic E-state index is 0.457. The molecule has 0 unspecified atom stereocenters. The van der Waals surface area contributed by atoms with Crippen LogP contribution < -0.4 is 10.6 Å². The van der Waals surface area contributed by atoms with E-state index in [0.717, 1.165) is 36.7 Å². The van der Waals surface area contributed by atoms with Gasteiger partial charge >= 0.3 is 0 Å². The van der Waals surface area contributed by atoms with E-state index in [1.165, 1.54) is 11.8 Å². The highest BCUT2D eigenvalue weighted by atomic mass is 32.2. The Bertz CT molecular complexity index is 717. The number of aromatic nitrogens is 2. The van der Waals surface area contributed by atoms with Gasteiger partial charge in [0, 0.05) is 51.5 Å². The topological polar surface area (TPSA) is 91.6 Å². The Kier molecular flexibility index (Phi) is 6.45. The van der Waals surface area contributed by atoms with Crippen LogP contribution in [0.3, 0.4) is 0 Å². The first-order chi connectivity index (χ1) is 11.7. The summed E-state index contributed by atoms with van der Waals surface area (Å²) in [4.78, 5) is 4.27. The average molecular weight is 371 g/mol. The van der Waals surface area contributed by atoms with Crippen molar-refractivity contribution in [3.8, 4) is 0 Å². The van der Waals surface area contributed by atoms with Gasteiger partial charge in [0.1, 0.15) is 0 Å². The highest BCUT2D eigenvalue weighted by molar-refractivity contribution is 7.88. The maximum atomic E-state index is 11.6. The van der Waals surface area contributed by atoms with Crippen molar-refractivity contribution < 1.29 is 8.42 Å². The molecule has 2 heterocycles. The molecule has 2 rings (SSSR count). The molecule has 1 fully saturated rings. The van der Waals surface area contributed by atoms with E-state index in [9.17, 15) is 8.42 Å². The van der Waals surface area contributed by atoms with Crippen LogP contribution in [0.5, 0.6) is 0 Å². The number of guanidine groups is 1.